The Kier molecular flexibility index (Phi) is 5.26. The molecular weight excluding hydrogens is 300 g/mol. The van der Waals surface area contributed by atoms with Crippen molar-refractivity contribution in [2.24, 2.45) is 11.3 Å². The van der Waals surface area contributed by atoms with Crippen LogP contribution in [0.3, 0.4) is 0 Å². The predicted octanol–water partition coefficient (Wildman–Crippen LogP) is 2.35. The minimum atomic E-state index is -0.603. The molecule has 0 aromatic heterocycles. The number of nitrogens with zero attached hydrogens (tertiary/aromatic N) is 1. The number of aliphatic hydroxyl groups excluding tert-OH is 1. The van der Waals surface area contributed by atoms with Crippen molar-refractivity contribution < 1.29 is 9.90 Å². The highest BCUT2D eigenvalue weighted by molar-refractivity contribution is 5.84. The summed E-state index contributed by atoms with van der Waals surface area (Å²) in [6, 6.07) is 8.85. The fraction of sp³-hybridized carbons (Fsp3) is 0.650. The van der Waals surface area contributed by atoms with Crippen molar-refractivity contribution in [1.82, 2.24) is 10.2 Å². The van der Waals surface area contributed by atoms with Crippen LogP contribution in [0.4, 0.5) is 0 Å². The van der Waals surface area contributed by atoms with Crippen molar-refractivity contribution in [2.45, 2.75) is 52.2 Å². The summed E-state index contributed by atoms with van der Waals surface area (Å²) in [4.78, 5) is 14.8. The molecule has 24 heavy (non-hydrogen) atoms. The normalized spacial score (nSPS) is 28.3. The lowest BCUT2D eigenvalue weighted by Crippen LogP contribution is -2.61. The summed E-state index contributed by atoms with van der Waals surface area (Å²) < 4.78 is 0. The van der Waals surface area contributed by atoms with Crippen LogP contribution in [0, 0.1) is 11.3 Å². The van der Waals surface area contributed by atoms with Crippen molar-refractivity contribution in [1.29, 1.82) is 0 Å². The number of aliphatic hydroxyl groups is 1. The van der Waals surface area contributed by atoms with E-state index in [0.717, 1.165) is 38.9 Å². The van der Waals surface area contributed by atoms with Crippen molar-refractivity contribution in [3.8, 4) is 0 Å². The van der Waals surface area contributed by atoms with E-state index in [2.05, 4.69) is 48.3 Å². The van der Waals surface area contributed by atoms with Crippen LogP contribution in [0.25, 0.3) is 0 Å². The van der Waals surface area contributed by atoms with Crippen molar-refractivity contribution in [3.05, 3.63) is 35.4 Å². The maximum Gasteiger partial charge on any atom is 0.230 e. The summed E-state index contributed by atoms with van der Waals surface area (Å²) in [7, 11) is 0. The van der Waals surface area contributed by atoms with Gasteiger partial charge in [0.05, 0.1) is 11.5 Å². The standard InChI is InChI=1S/C20H30N2O2/c1-15(2)12-16-4-6-17(7-5-16)13-22-11-8-18(23)20(14-22)9-3-10-21-19(20)24/h4-7,15,18,23H,3,8-14H2,1-2H3,(H,21,24)/t18-,20-/m1/s1. The second kappa shape index (κ2) is 7.24. The molecule has 2 saturated heterocycles. The first-order valence-corrected chi connectivity index (χ1v) is 9.26. The third-order valence-corrected chi connectivity index (χ3v) is 5.47. The molecule has 0 aliphatic carbocycles. The van der Waals surface area contributed by atoms with Crippen LogP contribution in [0.15, 0.2) is 24.3 Å². The number of carbonyl (C=O) groups is 1. The highest BCUT2D eigenvalue weighted by atomic mass is 16.3. The topological polar surface area (TPSA) is 52.6 Å². The van der Waals surface area contributed by atoms with Crippen LogP contribution < -0.4 is 5.32 Å². The molecule has 2 N–H and O–H groups in total. The summed E-state index contributed by atoms with van der Waals surface area (Å²) >= 11 is 0. The van der Waals surface area contributed by atoms with Crippen LogP contribution in [-0.2, 0) is 17.8 Å². The van der Waals surface area contributed by atoms with Crippen molar-refractivity contribution in [3.63, 3.8) is 0 Å². The number of nitrogens with one attached hydrogen (secondary N) is 1. The fourth-order valence-electron chi connectivity index (χ4n) is 4.17. The molecule has 2 fully saturated rings. The van der Waals surface area contributed by atoms with Gasteiger partial charge in [-0.25, -0.2) is 0 Å². The Balaban J connectivity index is 1.66. The number of piperidine rings is 2. The van der Waals surface area contributed by atoms with E-state index in [-0.39, 0.29) is 5.91 Å². The molecule has 1 spiro atoms. The van der Waals surface area contributed by atoms with Gasteiger partial charge in [0, 0.05) is 26.2 Å². The van der Waals surface area contributed by atoms with Gasteiger partial charge in [0.15, 0.2) is 0 Å². The lowest BCUT2D eigenvalue weighted by atomic mass is 9.71. The smallest absolute Gasteiger partial charge is 0.230 e. The lowest BCUT2D eigenvalue weighted by molar-refractivity contribution is -0.149. The van der Waals surface area contributed by atoms with Crippen LogP contribution in [0.1, 0.15) is 44.2 Å². The molecule has 0 bridgehead atoms. The Morgan fingerprint density at radius 2 is 2.00 bits per heavy atom. The average molecular weight is 330 g/mol. The number of hydrogen-bond acceptors (Lipinski definition) is 3. The van der Waals surface area contributed by atoms with Gasteiger partial charge in [0.25, 0.3) is 0 Å². The first-order valence-electron chi connectivity index (χ1n) is 9.26. The molecule has 2 atom stereocenters. The van der Waals surface area contributed by atoms with Gasteiger partial charge in [-0.2, -0.15) is 0 Å². The summed E-state index contributed by atoms with van der Waals surface area (Å²) in [5.74, 6) is 0.710. The number of hydrogen-bond donors (Lipinski definition) is 2. The van der Waals surface area contributed by atoms with E-state index in [1.807, 2.05) is 0 Å². The highest BCUT2D eigenvalue weighted by Crippen LogP contribution is 2.37. The molecule has 3 rings (SSSR count). The molecule has 0 radical (unpaired) electrons. The van der Waals surface area contributed by atoms with Crippen LogP contribution in [-0.4, -0.2) is 41.7 Å². The first-order chi connectivity index (χ1) is 11.5. The van der Waals surface area contributed by atoms with Gasteiger partial charge in [0.1, 0.15) is 0 Å². The number of likely N-dealkylation sites (tertiary alicyclic amines) is 1. The monoisotopic (exact) mass is 330 g/mol. The number of benzene rings is 1. The van der Waals surface area contributed by atoms with E-state index in [9.17, 15) is 9.90 Å². The second-order valence-corrected chi connectivity index (χ2v) is 7.95. The van der Waals surface area contributed by atoms with Crippen LogP contribution >= 0.6 is 0 Å². The van der Waals surface area contributed by atoms with Crippen LogP contribution in [0.5, 0.6) is 0 Å². The first kappa shape index (κ1) is 17.4. The zero-order valence-corrected chi connectivity index (χ0v) is 14.9. The Labute approximate surface area is 145 Å². The molecule has 2 aliphatic heterocycles. The van der Waals surface area contributed by atoms with Gasteiger partial charge in [-0.1, -0.05) is 38.1 Å². The minimum Gasteiger partial charge on any atom is -0.392 e. The highest BCUT2D eigenvalue weighted by Gasteiger charge is 2.49. The zero-order valence-electron chi connectivity index (χ0n) is 14.9. The van der Waals surface area contributed by atoms with Gasteiger partial charge in [-0.05, 0) is 42.7 Å². The summed E-state index contributed by atoms with van der Waals surface area (Å²) in [6.45, 7) is 7.58. The summed E-state index contributed by atoms with van der Waals surface area (Å²) in [6.07, 6.45) is 3.03. The molecule has 1 aromatic carbocycles. The largest absolute Gasteiger partial charge is 0.392 e. The Morgan fingerprint density at radius 3 is 2.67 bits per heavy atom. The van der Waals surface area contributed by atoms with Gasteiger partial charge >= 0.3 is 0 Å². The lowest BCUT2D eigenvalue weighted by Gasteiger charge is -2.47. The molecule has 0 unspecified atom stereocenters. The summed E-state index contributed by atoms with van der Waals surface area (Å²) in [5.41, 5.74) is 2.06. The van der Waals surface area contributed by atoms with Gasteiger partial charge in [0.2, 0.25) is 5.91 Å². The Bertz CT molecular complexity index is 570. The molecule has 2 aliphatic rings. The molecule has 1 amide bonds. The number of carbonyl (C=O) groups excluding carboxylic acids is 1. The molecule has 1 aromatic rings. The maximum atomic E-state index is 12.4. The Morgan fingerprint density at radius 1 is 1.29 bits per heavy atom. The summed E-state index contributed by atoms with van der Waals surface area (Å²) in [5, 5.41) is 13.4. The molecule has 132 valence electrons. The quantitative estimate of drug-likeness (QED) is 0.891. The Hall–Kier alpha value is -1.39. The molecular formula is C20H30N2O2. The zero-order chi connectivity index (χ0) is 17.2. The van der Waals surface area contributed by atoms with Gasteiger partial charge in [-0.15, -0.1) is 0 Å². The SMILES string of the molecule is CC(C)Cc1ccc(CN2CC[C@@H](O)[C@@]3(CCCNC3=O)C2)cc1. The van der Waals surface area contributed by atoms with E-state index in [0.29, 0.717) is 18.9 Å². The van der Waals surface area contributed by atoms with E-state index in [1.165, 1.54) is 11.1 Å². The molecule has 4 heteroatoms. The maximum absolute atomic E-state index is 12.4. The fourth-order valence-corrected chi connectivity index (χ4v) is 4.17. The van der Waals surface area contributed by atoms with E-state index < -0.39 is 11.5 Å². The third-order valence-electron chi connectivity index (χ3n) is 5.47. The van der Waals surface area contributed by atoms with Crippen LogP contribution in [0.2, 0.25) is 0 Å². The number of amides is 1. The van der Waals surface area contributed by atoms with E-state index >= 15 is 0 Å². The third kappa shape index (κ3) is 3.65. The molecule has 4 nitrogen and oxygen atoms in total. The van der Waals surface area contributed by atoms with Crippen molar-refractivity contribution >= 4 is 5.91 Å². The van der Waals surface area contributed by atoms with E-state index in [1.54, 1.807) is 0 Å². The predicted molar refractivity (Wildman–Crippen MR) is 95.6 cm³/mol. The minimum absolute atomic E-state index is 0.0400. The average Bonchev–Trinajstić information content (AvgIpc) is 2.55. The number of rotatable bonds is 4. The molecule has 2 heterocycles. The van der Waals surface area contributed by atoms with Gasteiger partial charge < -0.3 is 10.4 Å². The van der Waals surface area contributed by atoms with E-state index in [4.69, 9.17) is 0 Å². The van der Waals surface area contributed by atoms with Crippen molar-refractivity contribution in [2.75, 3.05) is 19.6 Å². The van der Waals surface area contributed by atoms with Gasteiger partial charge in [-0.3, -0.25) is 9.69 Å². The second-order valence-electron chi connectivity index (χ2n) is 7.95. The molecule has 0 saturated carbocycles.